The Morgan fingerprint density at radius 3 is 2.34 bits per heavy atom. The molecule has 2 atom stereocenters. The first-order valence-electron chi connectivity index (χ1n) is 15.4. The van der Waals surface area contributed by atoms with Gasteiger partial charge in [0.25, 0.3) is 0 Å². The van der Waals surface area contributed by atoms with Crippen LogP contribution in [0.1, 0.15) is 50.2 Å². The summed E-state index contributed by atoms with van der Waals surface area (Å²) in [7, 11) is -4.05. The van der Waals surface area contributed by atoms with E-state index in [0.717, 1.165) is 24.8 Å². The van der Waals surface area contributed by atoms with E-state index in [9.17, 15) is 32.3 Å². The van der Waals surface area contributed by atoms with Gasteiger partial charge in [-0.1, -0.05) is 67.8 Å². The van der Waals surface area contributed by atoms with Gasteiger partial charge in [0.2, 0.25) is 16.3 Å². The fraction of sp³-hybridized carbons (Fsp3) is 0.382. The van der Waals surface area contributed by atoms with Gasteiger partial charge >= 0.3 is 18.0 Å². The topological polar surface area (TPSA) is 149 Å². The molecule has 250 valence electrons. The summed E-state index contributed by atoms with van der Waals surface area (Å²) in [6.07, 6.45) is 1.76. The number of halogens is 1. The Morgan fingerprint density at radius 1 is 0.957 bits per heavy atom. The number of carboxylic acid groups (broad SMARTS) is 1. The van der Waals surface area contributed by atoms with E-state index in [0.29, 0.717) is 18.4 Å². The standard InChI is InChI=1S/C34H37FN2O9S/c1-23(44-32(40)25-11-4-2-5-12-25)45-33(41)36-30(31(38)39)19-24-10-8-17-29(18-24)47(42,43)37-21-34(22-37,26-13-6-3-7-14-26)46-28-16-9-15-27(35)20-28/h3,6-10,13-18,20,23,25,30H,2,4-5,11-12,19,21-22H2,1H3,(H,36,41)(H,38,39). The number of amides is 1. The van der Waals surface area contributed by atoms with E-state index in [1.54, 1.807) is 24.3 Å². The summed E-state index contributed by atoms with van der Waals surface area (Å²) in [5.41, 5.74) is 0.00602. The number of aliphatic carboxylic acids is 1. The number of nitrogens with one attached hydrogen (secondary N) is 1. The Bertz CT molecular complexity index is 1690. The van der Waals surface area contributed by atoms with E-state index >= 15 is 0 Å². The first-order valence-corrected chi connectivity index (χ1v) is 16.9. The molecule has 2 unspecified atom stereocenters. The third kappa shape index (κ3) is 8.27. The number of ether oxygens (including phenoxy) is 3. The molecular formula is C34H37FN2O9S. The van der Waals surface area contributed by atoms with Crippen LogP contribution in [0.5, 0.6) is 5.75 Å². The predicted octanol–water partition coefficient (Wildman–Crippen LogP) is 5.00. The minimum absolute atomic E-state index is 0.0469. The zero-order valence-corrected chi connectivity index (χ0v) is 26.7. The van der Waals surface area contributed by atoms with Crippen LogP contribution in [-0.4, -0.2) is 61.3 Å². The molecule has 2 fully saturated rings. The second kappa shape index (κ2) is 14.5. The number of alkyl carbamates (subject to hydrolysis) is 1. The molecule has 1 saturated carbocycles. The molecule has 0 bridgehead atoms. The Kier molecular flexibility index (Phi) is 10.5. The van der Waals surface area contributed by atoms with Crippen LogP contribution in [-0.2, 0) is 41.1 Å². The second-order valence-corrected chi connectivity index (χ2v) is 13.8. The maximum absolute atomic E-state index is 13.9. The average molecular weight is 669 g/mol. The van der Waals surface area contributed by atoms with Gasteiger partial charge in [0.15, 0.2) is 5.60 Å². The van der Waals surface area contributed by atoms with Gasteiger partial charge in [-0.05, 0) is 48.2 Å². The third-order valence-corrected chi connectivity index (χ3v) is 10.1. The number of benzene rings is 3. The van der Waals surface area contributed by atoms with Crippen LogP contribution in [0.4, 0.5) is 9.18 Å². The molecule has 0 aromatic heterocycles. The fourth-order valence-corrected chi connectivity index (χ4v) is 7.47. The molecular weight excluding hydrogens is 631 g/mol. The Hall–Kier alpha value is -4.49. The number of nitrogens with zero attached hydrogens (tertiary/aromatic N) is 1. The van der Waals surface area contributed by atoms with E-state index in [4.69, 9.17) is 14.2 Å². The second-order valence-electron chi connectivity index (χ2n) is 11.8. The van der Waals surface area contributed by atoms with Gasteiger partial charge in [-0.3, -0.25) is 4.79 Å². The monoisotopic (exact) mass is 668 g/mol. The van der Waals surface area contributed by atoms with Gasteiger partial charge in [-0.15, -0.1) is 0 Å². The number of esters is 1. The molecule has 1 amide bonds. The lowest BCUT2D eigenvalue weighted by molar-refractivity contribution is -0.171. The van der Waals surface area contributed by atoms with Crippen molar-refractivity contribution in [2.24, 2.45) is 5.92 Å². The number of sulfonamides is 1. The van der Waals surface area contributed by atoms with Crippen molar-refractivity contribution >= 4 is 28.1 Å². The lowest BCUT2D eigenvalue weighted by atomic mass is 9.87. The summed E-state index contributed by atoms with van der Waals surface area (Å²) >= 11 is 0. The average Bonchev–Trinajstić information content (AvgIpc) is 3.03. The number of hydrogen-bond acceptors (Lipinski definition) is 8. The van der Waals surface area contributed by atoms with Crippen molar-refractivity contribution in [3.8, 4) is 5.75 Å². The minimum Gasteiger partial charge on any atom is -0.480 e. The van der Waals surface area contributed by atoms with Crippen LogP contribution in [0.25, 0.3) is 0 Å². The Balaban J connectivity index is 1.23. The van der Waals surface area contributed by atoms with Crippen LogP contribution in [0.15, 0.2) is 83.8 Å². The largest absolute Gasteiger partial charge is 0.480 e. The lowest BCUT2D eigenvalue weighted by Crippen LogP contribution is -2.64. The summed E-state index contributed by atoms with van der Waals surface area (Å²) in [6.45, 7) is 1.28. The number of carbonyl (C=O) groups is 3. The highest BCUT2D eigenvalue weighted by Gasteiger charge is 2.52. The quantitative estimate of drug-likeness (QED) is 0.201. The molecule has 0 spiro atoms. The third-order valence-electron chi connectivity index (χ3n) is 8.33. The van der Waals surface area contributed by atoms with Crippen LogP contribution in [0, 0.1) is 11.7 Å². The van der Waals surface area contributed by atoms with Gasteiger partial charge in [-0.2, -0.15) is 4.31 Å². The molecule has 2 N–H and O–H groups in total. The Labute approximate surface area is 272 Å². The Morgan fingerprint density at radius 2 is 1.66 bits per heavy atom. The van der Waals surface area contributed by atoms with Crippen LogP contribution < -0.4 is 10.1 Å². The molecule has 11 nitrogen and oxygen atoms in total. The molecule has 13 heteroatoms. The van der Waals surface area contributed by atoms with Crippen molar-refractivity contribution in [1.82, 2.24) is 9.62 Å². The van der Waals surface area contributed by atoms with E-state index in [-0.39, 0.29) is 36.1 Å². The van der Waals surface area contributed by atoms with Crippen molar-refractivity contribution in [2.45, 2.75) is 68.3 Å². The van der Waals surface area contributed by atoms with Crippen LogP contribution in [0.3, 0.4) is 0 Å². The zero-order valence-electron chi connectivity index (χ0n) is 25.8. The predicted molar refractivity (Wildman–Crippen MR) is 167 cm³/mol. The van der Waals surface area contributed by atoms with Gasteiger partial charge in [0, 0.05) is 19.4 Å². The summed E-state index contributed by atoms with van der Waals surface area (Å²) in [4.78, 5) is 36.8. The minimum atomic E-state index is -4.05. The molecule has 1 aliphatic heterocycles. The van der Waals surface area contributed by atoms with E-state index in [1.807, 2.05) is 18.2 Å². The number of hydrogen-bond donors (Lipinski definition) is 2. The SMILES string of the molecule is CC(OC(=O)NC(Cc1cccc(S(=O)(=O)N2CC(Oc3cccc(F)c3)(c3ccccc3)C2)c1)C(=O)O)OC(=O)C1CCCCC1. The summed E-state index contributed by atoms with van der Waals surface area (Å²) in [6, 6.07) is 19.0. The number of carboxylic acids is 1. The molecule has 1 heterocycles. The fourth-order valence-electron chi connectivity index (χ4n) is 5.86. The number of rotatable bonds is 12. The molecule has 2 aliphatic rings. The normalized spacial score (nSPS) is 17.8. The maximum Gasteiger partial charge on any atom is 0.410 e. The molecule has 0 radical (unpaired) electrons. The van der Waals surface area contributed by atoms with Crippen molar-refractivity contribution < 1.29 is 46.5 Å². The molecule has 1 aliphatic carbocycles. The van der Waals surface area contributed by atoms with E-state index in [1.165, 1.54) is 47.6 Å². The molecule has 3 aromatic rings. The number of carbonyl (C=O) groups excluding carboxylic acids is 2. The molecule has 1 saturated heterocycles. The summed E-state index contributed by atoms with van der Waals surface area (Å²) in [5.74, 6) is -2.30. The van der Waals surface area contributed by atoms with Crippen molar-refractivity contribution in [1.29, 1.82) is 0 Å². The highest BCUT2D eigenvalue weighted by molar-refractivity contribution is 7.89. The highest BCUT2D eigenvalue weighted by atomic mass is 32.2. The van der Waals surface area contributed by atoms with Crippen LogP contribution >= 0.6 is 0 Å². The van der Waals surface area contributed by atoms with Gasteiger partial charge in [-0.25, -0.2) is 22.4 Å². The molecule has 47 heavy (non-hydrogen) atoms. The molecule has 3 aromatic carbocycles. The van der Waals surface area contributed by atoms with E-state index < -0.39 is 51.8 Å². The van der Waals surface area contributed by atoms with E-state index in [2.05, 4.69) is 5.32 Å². The maximum atomic E-state index is 13.9. The first-order chi connectivity index (χ1) is 22.4. The lowest BCUT2D eigenvalue weighted by Gasteiger charge is -2.48. The zero-order chi connectivity index (χ0) is 33.6. The van der Waals surface area contributed by atoms with Crippen LogP contribution in [0.2, 0.25) is 0 Å². The summed E-state index contributed by atoms with van der Waals surface area (Å²) in [5, 5.41) is 12.0. The van der Waals surface area contributed by atoms with Crippen molar-refractivity contribution in [3.05, 3.63) is 95.8 Å². The van der Waals surface area contributed by atoms with Crippen molar-refractivity contribution in [2.75, 3.05) is 13.1 Å². The highest BCUT2D eigenvalue weighted by Crippen LogP contribution is 2.40. The van der Waals surface area contributed by atoms with Gasteiger partial charge in [0.05, 0.1) is 23.9 Å². The molecule has 5 rings (SSSR count). The summed E-state index contributed by atoms with van der Waals surface area (Å²) < 4.78 is 59.0. The first kappa shape index (κ1) is 33.9. The smallest absolute Gasteiger partial charge is 0.410 e. The van der Waals surface area contributed by atoms with Gasteiger partial charge in [0.1, 0.15) is 17.6 Å². The van der Waals surface area contributed by atoms with Gasteiger partial charge < -0.3 is 24.6 Å². The van der Waals surface area contributed by atoms with Crippen molar-refractivity contribution in [3.63, 3.8) is 0 Å².